The van der Waals surface area contributed by atoms with Crippen molar-refractivity contribution in [3.63, 3.8) is 0 Å². The summed E-state index contributed by atoms with van der Waals surface area (Å²) in [5.41, 5.74) is 0. The van der Waals surface area contributed by atoms with Crippen LogP contribution in [0.25, 0.3) is 0 Å². The van der Waals surface area contributed by atoms with E-state index in [1.807, 2.05) is 11.9 Å². The number of aromatic nitrogens is 3. The first-order valence-corrected chi connectivity index (χ1v) is 8.68. The molecule has 2 aliphatic heterocycles. The molecule has 7 heteroatoms. The Morgan fingerprint density at radius 2 is 2.00 bits per heavy atom. The number of aliphatic hydroxyl groups excluding tert-OH is 1. The molecule has 1 N–H and O–H groups in total. The summed E-state index contributed by atoms with van der Waals surface area (Å²) in [4.78, 5) is 16.3. The lowest BCUT2D eigenvalue weighted by atomic mass is 9.97. The number of aliphatic hydroxyl groups is 1. The Hall–Kier alpha value is -1.47. The van der Waals surface area contributed by atoms with Gasteiger partial charge in [0.2, 0.25) is 5.91 Å². The third kappa shape index (κ3) is 3.72. The van der Waals surface area contributed by atoms with Crippen molar-refractivity contribution in [2.24, 2.45) is 7.05 Å². The van der Waals surface area contributed by atoms with Gasteiger partial charge >= 0.3 is 0 Å². The molecule has 1 atom stereocenters. The van der Waals surface area contributed by atoms with Gasteiger partial charge in [-0.25, -0.2) is 0 Å². The van der Waals surface area contributed by atoms with Gasteiger partial charge in [-0.1, -0.05) is 0 Å². The Balaban J connectivity index is 1.66. The highest BCUT2D eigenvalue weighted by molar-refractivity contribution is 5.76. The van der Waals surface area contributed by atoms with E-state index in [-0.39, 0.29) is 24.9 Å². The van der Waals surface area contributed by atoms with E-state index in [4.69, 9.17) is 5.11 Å². The van der Waals surface area contributed by atoms with Crippen LogP contribution in [0, 0.1) is 0 Å². The highest BCUT2D eigenvalue weighted by atomic mass is 16.3. The third-order valence-corrected chi connectivity index (χ3v) is 5.03. The van der Waals surface area contributed by atoms with Crippen molar-refractivity contribution in [1.29, 1.82) is 0 Å². The molecule has 2 fully saturated rings. The van der Waals surface area contributed by atoms with E-state index < -0.39 is 0 Å². The van der Waals surface area contributed by atoms with Crippen LogP contribution in [0.4, 0.5) is 0 Å². The fraction of sp³-hybridized carbons (Fsp3) is 0.812. The summed E-state index contributed by atoms with van der Waals surface area (Å²) in [5, 5.41) is 17.8. The average molecular weight is 321 g/mol. The molecule has 0 aromatic carbocycles. The summed E-state index contributed by atoms with van der Waals surface area (Å²) in [6.45, 7) is 4.56. The zero-order chi connectivity index (χ0) is 16.2. The standard InChI is InChI=1S/C16H27N5O2/c1-19-14(12-20-7-2-3-8-20)17-18-16(19)13-5-4-9-21(11-13)15(23)6-10-22/h13,22H,2-12H2,1H3/t13-/m0/s1. The Kier molecular flexibility index (Phi) is 5.27. The molecular formula is C16H27N5O2. The van der Waals surface area contributed by atoms with Crippen LogP contribution in [0.3, 0.4) is 0 Å². The largest absolute Gasteiger partial charge is 0.396 e. The van der Waals surface area contributed by atoms with E-state index in [1.54, 1.807) is 0 Å². The molecule has 7 nitrogen and oxygen atoms in total. The van der Waals surface area contributed by atoms with Crippen LogP contribution in [0.15, 0.2) is 0 Å². The quantitative estimate of drug-likeness (QED) is 0.855. The van der Waals surface area contributed by atoms with Crippen molar-refractivity contribution in [2.45, 2.75) is 44.6 Å². The number of piperidine rings is 1. The molecule has 0 spiro atoms. The maximum atomic E-state index is 12.0. The number of amides is 1. The lowest BCUT2D eigenvalue weighted by molar-refractivity contribution is -0.133. The number of carbonyl (C=O) groups excluding carboxylic acids is 1. The lowest BCUT2D eigenvalue weighted by Gasteiger charge is -2.32. The van der Waals surface area contributed by atoms with Crippen molar-refractivity contribution < 1.29 is 9.90 Å². The lowest BCUT2D eigenvalue weighted by Crippen LogP contribution is -2.40. The molecule has 0 radical (unpaired) electrons. The van der Waals surface area contributed by atoms with Gasteiger partial charge in [-0.15, -0.1) is 10.2 Å². The molecule has 128 valence electrons. The minimum atomic E-state index is -0.0794. The van der Waals surface area contributed by atoms with Crippen LogP contribution < -0.4 is 0 Å². The van der Waals surface area contributed by atoms with Crippen molar-refractivity contribution in [3.8, 4) is 0 Å². The average Bonchev–Trinajstić information content (AvgIpc) is 3.19. The van der Waals surface area contributed by atoms with E-state index in [2.05, 4.69) is 19.7 Å². The van der Waals surface area contributed by atoms with Crippen LogP contribution in [-0.4, -0.2) is 68.4 Å². The highest BCUT2D eigenvalue weighted by Crippen LogP contribution is 2.26. The van der Waals surface area contributed by atoms with E-state index in [9.17, 15) is 4.79 Å². The summed E-state index contributed by atoms with van der Waals surface area (Å²) in [6.07, 6.45) is 4.78. The van der Waals surface area contributed by atoms with Gasteiger partial charge in [0, 0.05) is 32.5 Å². The van der Waals surface area contributed by atoms with Crippen LogP contribution in [0.1, 0.15) is 49.7 Å². The zero-order valence-corrected chi connectivity index (χ0v) is 13.9. The molecule has 2 aliphatic rings. The SMILES string of the molecule is Cn1c(CN2CCCC2)nnc1[C@H]1CCCN(C(=O)CCO)C1. The van der Waals surface area contributed by atoms with Crippen molar-refractivity contribution >= 4 is 5.91 Å². The second-order valence-corrected chi connectivity index (χ2v) is 6.67. The first kappa shape index (κ1) is 16.4. The van der Waals surface area contributed by atoms with Crippen molar-refractivity contribution in [2.75, 3.05) is 32.8 Å². The van der Waals surface area contributed by atoms with Gasteiger partial charge in [0.25, 0.3) is 0 Å². The van der Waals surface area contributed by atoms with Gasteiger partial charge < -0.3 is 14.6 Å². The molecule has 23 heavy (non-hydrogen) atoms. The number of carbonyl (C=O) groups is 1. The Bertz CT molecular complexity index is 539. The number of likely N-dealkylation sites (tertiary alicyclic amines) is 2. The molecule has 0 bridgehead atoms. The second-order valence-electron chi connectivity index (χ2n) is 6.67. The van der Waals surface area contributed by atoms with Crippen LogP contribution >= 0.6 is 0 Å². The fourth-order valence-corrected chi connectivity index (χ4v) is 3.68. The predicted octanol–water partition coefficient (Wildman–Crippen LogP) is 0.499. The Labute approximate surface area is 137 Å². The van der Waals surface area contributed by atoms with Gasteiger partial charge in [0.15, 0.2) is 0 Å². The van der Waals surface area contributed by atoms with Gasteiger partial charge in [-0.05, 0) is 38.8 Å². The van der Waals surface area contributed by atoms with E-state index in [0.717, 1.165) is 50.7 Å². The molecule has 1 aromatic rings. The minimum Gasteiger partial charge on any atom is -0.396 e. The van der Waals surface area contributed by atoms with E-state index >= 15 is 0 Å². The van der Waals surface area contributed by atoms with Crippen LogP contribution in [0.5, 0.6) is 0 Å². The number of rotatable bonds is 5. The molecule has 3 heterocycles. The second kappa shape index (κ2) is 7.40. The first-order chi connectivity index (χ1) is 11.2. The summed E-state index contributed by atoms with van der Waals surface area (Å²) in [5.74, 6) is 2.29. The molecule has 1 aromatic heterocycles. The summed E-state index contributed by atoms with van der Waals surface area (Å²) < 4.78 is 2.11. The topological polar surface area (TPSA) is 74.5 Å². The van der Waals surface area contributed by atoms with E-state index in [1.165, 1.54) is 12.8 Å². The molecule has 1 amide bonds. The molecule has 3 rings (SSSR count). The van der Waals surface area contributed by atoms with Gasteiger partial charge in [0.05, 0.1) is 13.2 Å². The summed E-state index contributed by atoms with van der Waals surface area (Å²) >= 11 is 0. The van der Waals surface area contributed by atoms with Crippen LogP contribution in [0.2, 0.25) is 0 Å². The number of nitrogens with zero attached hydrogens (tertiary/aromatic N) is 5. The number of hydrogen-bond acceptors (Lipinski definition) is 5. The van der Waals surface area contributed by atoms with Gasteiger partial charge in [0.1, 0.15) is 11.6 Å². The fourth-order valence-electron chi connectivity index (χ4n) is 3.68. The monoisotopic (exact) mass is 321 g/mol. The summed E-state index contributed by atoms with van der Waals surface area (Å²) in [6, 6.07) is 0. The van der Waals surface area contributed by atoms with Crippen molar-refractivity contribution in [3.05, 3.63) is 11.6 Å². The molecule has 2 saturated heterocycles. The normalized spacial score (nSPS) is 22.7. The molecular weight excluding hydrogens is 294 g/mol. The molecule has 0 saturated carbocycles. The number of hydrogen-bond donors (Lipinski definition) is 1. The summed E-state index contributed by atoms with van der Waals surface area (Å²) in [7, 11) is 2.04. The third-order valence-electron chi connectivity index (χ3n) is 5.03. The van der Waals surface area contributed by atoms with Crippen molar-refractivity contribution in [1.82, 2.24) is 24.6 Å². The van der Waals surface area contributed by atoms with Gasteiger partial charge in [-0.2, -0.15) is 0 Å². The minimum absolute atomic E-state index is 0.0386. The molecule has 0 aliphatic carbocycles. The molecule has 0 unspecified atom stereocenters. The Morgan fingerprint density at radius 1 is 1.22 bits per heavy atom. The van der Waals surface area contributed by atoms with Crippen LogP contribution in [-0.2, 0) is 18.4 Å². The van der Waals surface area contributed by atoms with E-state index in [0.29, 0.717) is 6.54 Å². The first-order valence-electron chi connectivity index (χ1n) is 8.68. The maximum Gasteiger partial charge on any atom is 0.224 e. The smallest absolute Gasteiger partial charge is 0.224 e. The highest BCUT2D eigenvalue weighted by Gasteiger charge is 2.28. The Morgan fingerprint density at radius 3 is 2.74 bits per heavy atom. The zero-order valence-electron chi connectivity index (χ0n) is 13.9. The maximum absolute atomic E-state index is 12.0. The predicted molar refractivity (Wildman–Crippen MR) is 85.8 cm³/mol. The van der Waals surface area contributed by atoms with Gasteiger partial charge in [-0.3, -0.25) is 9.69 Å².